The molecule has 2 heterocycles. The first kappa shape index (κ1) is 19.6. The number of likely N-dealkylation sites (tertiary alicyclic amines) is 1. The summed E-state index contributed by atoms with van der Waals surface area (Å²) in [4.78, 5) is 29.6. The van der Waals surface area contributed by atoms with Crippen LogP contribution in [0.1, 0.15) is 57.5 Å². The first-order chi connectivity index (χ1) is 14.2. The molecule has 0 aromatic heterocycles. The van der Waals surface area contributed by atoms with Crippen LogP contribution in [0.3, 0.4) is 0 Å². The summed E-state index contributed by atoms with van der Waals surface area (Å²) in [5, 5.41) is 3.01. The van der Waals surface area contributed by atoms with Gasteiger partial charge in [-0.2, -0.15) is 0 Å². The third kappa shape index (κ3) is 4.85. The molecule has 0 unspecified atom stereocenters. The topological polar surface area (TPSA) is 52.7 Å². The average Bonchev–Trinajstić information content (AvgIpc) is 3.07. The van der Waals surface area contributed by atoms with Crippen LogP contribution in [0.2, 0.25) is 0 Å². The van der Waals surface area contributed by atoms with Gasteiger partial charge in [0.15, 0.2) is 0 Å². The van der Waals surface area contributed by atoms with Crippen LogP contribution in [-0.2, 0) is 13.1 Å². The van der Waals surface area contributed by atoms with Crippen LogP contribution in [0.4, 0.5) is 0 Å². The van der Waals surface area contributed by atoms with Crippen molar-refractivity contribution in [2.75, 3.05) is 26.2 Å². The summed E-state index contributed by atoms with van der Waals surface area (Å²) in [5.74, 6) is -0.0932. The molecule has 0 saturated carbocycles. The van der Waals surface area contributed by atoms with E-state index in [1.54, 1.807) is 6.07 Å². The molecule has 2 amide bonds. The van der Waals surface area contributed by atoms with Crippen molar-refractivity contribution in [2.24, 2.45) is 0 Å². The summed E-state index contributed by atoms with van der Waals surface area (Å²) in [6.07, 6.45) is 4.88. The summed E-state index contributed by atoms with van der Waals surface area (Å²) in [5.41, 5.74) is 3.33. The molecular weight excluding hydrogens is 362 g/mol. The maximum atomic E-state index is 12.8. The molecule has 0 radical (unpaired) electrons. The zero-order valence-electron chi connectivity index (χ0n) is 16.9. The van der Waals surface area contributed by atoms with E-state index in [9.17, 15) is 9.59 Å². The van der Waals surface area contributed by atoms with Crippen LogP contribution in [0.5, 0.6) is 0 Å². The van der Waals surface area contributed by atoms with Crippen LogP contribution < -0.4 is 5.32 Å². The van der Waals surface area contributed by atoms with E-state index in [4.69, 9.17) is 0 Å². The first-order valence-electron chi connectivity index (χ1n) is 10.7. The maximum Gasteiger partial charge on any atom is 0.254 e. The molecule has 0 spiro atoms. The molecule has 1 saturated heterocycles. The monoisotopic (exact) mass is 391 g/mol. The van der Waals surface area contributed by atoms with E-state index in [-0.39, 0.29) is 11.8 Å². The van der Waals surface area contributed by atoms with Crippen molar-refractivity contribution in [1.29, 1.82) is 0 Å². The van der Waals surface area contributed by atoms with Gasteiger partial charge in [-0.15, -0.1) is 0 Å². The van der Waals surface area contributed by atoms with E-state index in [1.807, 2.05) is 47.4 Å². The quantitative estimate of drug-likeness (QED) is 0.736. The molecule has 2 aliphatic rings. The number of amides is 2. The predicted octanol–water partition coefficient (Wildman–Crippen LogP) is 3.45. The Morgan fingerprint density at radius 2 is 1.79 bits per heavy atom. The molecule has 1 fully saturated rings. The van der Waals surface area contributed by atoms with Crippen molar-refractivity contribution in [3.63, 3.8) is 0 Å². The van der Waals surface area contributed by atoms with E-state index in [0.29, 0.717) is 30.8 Å². The Labute approximate surface area is 172 Å². The second kappa shape index (κ2) is 9.23. The minimum absolute atomic E-state index is 0.00333. The fraction of sp³-hybridized carbons (Fsp3) is 0.417. The smallest absolute Gasteiger partial charge is 0.254 e. The molecule has 0 bridgehead atoms. The van der Waals surface area contributed by atoms with Gasteiger partial charge in [0.2, 0.25) is 0 Å². The lowest BCUT2D eigenvalue weighted by atomic mass is 10.1. The highest BCUT2D eigenvalue weighted by molar-refractivity contribution is 6.02. The van der Waals surface area contributed by atoms with Crippen LogP contribution in [0, 0.1) is 0 Å². The Kier molecular flexibility index (Phi) is 6.25. The van der Waals surface area contributed by atoms with Crippen molar-refractivity contribution in [3.05, 3.63) is 70.8 Å². The Hall–Kier alpha value is -2.66. The molecule has 4 rings (SSSR count). The number of nitrogens with one attached hydrogen (secondary N) is 1. The number of carbonyl (C=O) groups excluding carboxylic acids is 2. The van der Waals surface area contributed by atoms with Gasteiger partial charge in [-0.05, 0) is 62.2 Å². The average molecular weight is 392 g/mol. The van der Waals surface area contributed by atoms with Gasteiger partial charge in [0.25, 0.3) is 11.8 Å². The molecule has 2 aromatic rings. The molecular formula is C24H29N3O2. The summed E-state index contributed by atoms with van der Waals surface area (Å²) >= 11 is 0. The van der Waals surface area contributed by atoms with E-state index in [1.165, 1.54) is 32.4 Å². The van der Waals surface area contributed by atoms with Gasteiger partial charge in [0.1, 0.15) is 0 Å². The number of piperidine rings is 1. The van der Waals surface area contributed by atoms with Crippen molar-refractivity contribution < 1.29 is 9.59 Å². The third-order valence-corrected chi connectivity index (χ3v) is 5.85. The van der Waals surface area contributed by atoms with Gasteiger partial charge in [0, 0.05) is 30.8 Å². The van der Waals surface area contributed by atoms with Gasteiger partial charge in [-0.3, -0.25) is 9.59 Å². The minimum atomic E-state index is -0.0965. The number of hydrogen-bond donors (Lipinski definition) is 1. The van der Waals surface area contributed by atoms with Gasteiger partial charge >= 0.3 is 0 Å². The van der Waals surface area contributed by atoms with Crippen molar-refractivity contribution in [3.8, 4) is 0 Å². The molecule has 2 aliphatic heterocycles. The normalized spacial score (nSPS) is 16.7. The minimum Gasteiger partial charge on any atom is -0.352 e. The Morgan fingerprint density at radius 3 is 2.59 bits per heavy atom. The van der Waals surface area contributed by atoms with Gasteiger partial charge in [-0.1, -0.05) is 42.8 Å². The highest BCUT2D eigenvalue weighted by Gasteiger charge is 2.28. The highest BCUT2D eigenvalue weighted by atomic mass is 16.2. The number of hydrogen-bond acceptors (Lipinski definition) is 3. The van der Waals surface area contributed by atoms with Gasteiger partial charge < -0.3 is 15.1 Å². The number of benzene rings is 2. The van der Waals surface area contributed by atoms with Crippen molar-refractivity contribution in [1.82, 2.24) is 15.1 Å². The SMILES string of the molecule is O=C(NCCCN1CCCCC1)c1ccc2c(c1)C(=O)N(Cc1ccccc1)C2. The second-order valence-corrected chi connectivity index (χ2v) is 8.03. The zero-order valence-corrected chi connectivity index (χ0v) is 16.9. The van der Waals surface area contributed by atoms with Crippen LogP contribution in [-0.4, -0.2) is 47.8 Å². The highest BCUT2D eigenvalue weighted by Crippen LogP contribution is 2.25. The van der Waals surface area contributed by atoms with E-state index >= 15 is 0 Å². The molecule has 29 heavy (non-hydrogen) atoms. The maximum absolute atomic E-state index is 12.8. The zero-order chi connectivity index (χ0) is 20.1. The Morgan fingerprint density at radius 1 is 1.00 bits per heavy atom. The molecule has 5 heteroatoms. The molecule has 2 aromatic carbocycles. The first-order valence-corrected chi connectivity index (χ1v) is 10.7. The fourth-order valence-electron chi connectivity index (χ4n) is 4.22. The lowest BCUT2D eigenvalue weighted by molar-refractivity contribution is 0.0766. The number of carbonyl (C=O) groups is 2. The van der Waals surface area contributed by atoms with Crippen LogP contribution >= 0.6 is 0 Å². The van der Waals surface area contributed by atoms with Crippen LogP contribution in [0.15, 0.2) is 48.5 Å². The third-order valence-electron chi connectivity index (χ3n) is 5.85. The lowest BCUT2D eigenvalue weighted by Crippen LogP contribution is -2.33. The second-order valence-electron chi connectivity index (χ2n) is 8.03. The van der Waals surface area contributed by atoms with E-state index < -0.39 is 0 Å². The molecule has 5 nitrogen and oxygen atoms in total. The van der Waals surface area contributed by atoms with Gasteiger partial charge in [-0.25, -0.2) is 0 Å². The van der Waals surface area contributed by atoms with E-state index in [0.717, 1.165) is 24.1 Å². The summed E-state index contributed by atoms with van der Waals surface area (Å²) < 4.78 is 0. The van der Waals surface area contributed by atoms with Gasteiger partial charge in [0.05, 0.1) is 0 Å². The number of rotatable bonds is 7. The molecule has 152 valence electrons. The summed E-state index contributed by atoms with van der Waals surface area (Å²) in [6, 6.07) is 15.5. The Balaban J connectivity index is 1.30. The summed E-state index contributed by atoms with van der Waals surface area (Å²) in [7, 11) is 0. The Bertz CT molecular complexity index is 860. The summed E-state index contributed by atoms with van der Waals surface area (Å²) in [6.45, 7) is 5.26. The largest absolute Gasteiger partial charge is 0.352 e. The van der Waals surface area contributed by atoms with Crippen LogP contribution in [0.25, 0.3) is 0 Å². The number of nitrogens with zero attached hydrogens (tertiary/aromatic N) is 2. The predicted molar refractivity (Wildman–Crippen MR) is 114 cm³/mol. The van der Waals surface area contributed by atoms with E-state index in [2.05, 4.69) is 10.2 Å². The standard InChI is InChI=1S/C24H29N3O2/c28-23(25-12-7-15-26-13-5-2-6-14-26)20-10-11-21-18-27(24(29)22(21)16-20)17-19-8-3-1-4-9-19/h1,3-4,8-11,16H,2,5-7,12-15,17-18H2,(H,25,28). The lowest BCUT2D eigenvalue weighted by Gasteiger charge is -2.26. The molecule has 1 N–H and O–H groups in total. The molecule has 0 atom stereocenters. The molecule has 0 aliphatic carbocycles. The fourth-order valence-corrected chi connectivity index (χ4v) is 4.22. The van der Waals surface area contributed by atoms with Crippen molar-refractivity contribution in [2.45, 2.75) is 38.8 Å². The number of fused-ring (bicyclic) bond motifs is 1. The van der Waals surface area contributed by atoms with Crippen molar-refractivity contribution >= 4 is 11.8 Å².